The summed E-state index contributed by atoms with van der Waals surface area (Å²) in [4.78, 5) is 23.2. The van der Waals surface area contributed by atoms with Crippen LogP contribution in [0.15, 0.2) is 33.6 Å². The molecule has 0 heterocycles. The van der Waals surface area contributed by atoms with Gasteiger partial charge in [0.1, 0.15) is 10.7 Å². The first kappa shape index (κ1) is 17.1. The monoisotopic (exact) mass is 388 g/mol. The van der Waals surface area contributed by atoms with Gasteiger partial charge in [0, 0.05) is 17.3 Å². The van der Waals surface area contributed by atoms with Crippen molar-refractivity contribution in [3.05, 3.63) is 28.7 Å². The van der Waals surface area contributed by atoms with Crippen LogP contribution < -0.4 is 0 Å². The van der Waals surface area contributed by atoms with Crippen molar-refractivity contribution in [3.63, 3.8) is 0 Å². The number of benzene rings is 1. The minimum Gasteiger partial charge on any atom is -0.342 e. The van der Waals surface area contributed by atoms with Gasteiger partial charge in [-0.15, -0.1) is 0 Å². The van der Waals surface area contributed by atoms with Gasteiger partial charge in [0.2, 0.25) is 0 Å². The Bertz CT molecular complexity index is 683. The second-order valence-corrected chi connectivity index (χ2v) is 7.94. The van der Waals surface area contributed by atoms with E-state index in [4.69, 9.17) is 4.18 Å². The molecule has 0 aromatic heterocycles. The number of rotatable bonds is 5. The van der Waals surface area contributed by atoms with Crippen LogP contribution >= 0.6 is 15.9 Å². The average molecular weight is 389 g/mol. The third-order valence-corrected chi connectivity index (χ3v) is 5.97. The molecule has 1 aromatic carbocycles. The summed E-state index contributed by atoms with van der Waals surface area (Å²) < 4.78 is 29.3. The van der Waals surface area contributed by atoms with Gasteiger partial charge in [-0.05, 0) is 46.8 Å². The zero-order valence-electron chi connectivity index (χ0n) is 12.1. The number of ketones is 1. The van der Waals surface area contributed by atoms with E-state index < -0.39 is 22.0 Å². The first-order chi connectivity index (χ1) is 10.3. The average Bonchev–Trinajstić information content (AvgIpc) is 2.83. The Hall–Kier alpha value is -1.21. The summed E-state index contributed by atoms with van der Waals surface area (Å²) in [5.74, 6) is -1.00. The molecular weight excluding hydrogens is 372 g/mol. The highest BCUT2D eigenvalue weighted by atomic mass is 79.9. The number of carbonyl (C=O) groups is 2. The molecule has 0 spiro atoms. The predicted octanol–water partition coefficient (Wildman–Crippen LogP) is 3.08. The molecule has 2 rings (SSSR count). The van der Waals surface area contributed by atoms with E-state index in [1.807, 2.05) is 0 Å². The molecule has 2 unspecified atom stereocenters. The summed E-state index contributed by atoms with van der Waals surface area (Å²) in [7, 11) is -4.14. The normalized spacial score (nSPS) is 19.9. The lowest BCUT2D eigenvalue weighted by Gasteiger charge is -2.15. The van der Waals surface area contributed by atoms with Crippen molar-refractivity contribution in [2.24, 2.45) is 11.8 Å². The largest absolute Gasteiger partial charge is 0.342 e. The molecule has 1 aliphatic rings. The molecule has 1 aromatic rings. The molecule has 0 aliphatic heterocycles. The van der Waals surface area contributed by atoms with Crippen LogP contribution in [0.3, 0.4) is 0 Å². The van der Waals surface area contributed by atoms with Crippen molar-refractivity contribution in [3.8, 4) is 0 Å². The summed E-state index contributed by atoms with van der Waals surface area (Å²) in [6.07, 6.45) is 2.24. The number of carbonyl (C=O) groups excluding carboxylic acids is 2. The van der Waals surface area contributed by atoms with Crippen LogP contribution in [0.4, 0.5) is 0 Å². The van der Waals surface area contributed by atoms with Crippen molar-refractivity contribution in [2.45, 2.75) is 37.5 Å². The van der Waals surface area contributed by atoms with E-state index in [2.05, 4.69) is 15.9 Å². The topological polar surface area (TPSA) is 77.5 Å². The molecule has 1 saturated carbocycles. The summed E-state index contributed by atoms with van der Waals surface area (Å²) in [5, 5.41) is 0. The van der Waals surface area contributed by atoms with Gasteiger partial charge >= 0.3 is 16.1 Å². The third-order valence-electron chi connectivity index (χ3n) is 3.73. The lowest BCUT2D eigenvalue weighted by atomic mass is 9.95. The van der Waals surface area contributed by atoms with E-state index in [-0.39, 0.29) is 16.6 Å². The van der Waals surface area contributed by atoms with Gasteiger partial charge in [-0.3, -0.25) is 9.59 Å². The lowest BCUT2D eigenvalue weighted by molar-refractivity contribution is -0.138. The van der Waals surface area contributed by atoms with E-state index in [1.165, 1.54) is 6.07 Å². The van der Waals surface area contributed by atoms with E-state index in [0.717, 1.165) is 6.42 Å². The van der Waals surface area contributed by atoms with Gasteiger partial charge in [-0.1, -0.05) is 19.1 Å². The highest BCUT2D eigenvalue weighted by Gasteiger charge is 2.30. The molecule has 0 amide bonds. The van der Waals surface area contributed by atoms with Gasteiger partial charge in [0.15, 0.2) is 0 Å². The molecule has 2 atom stereocenters. The van der Waals surface area contributed by atoms with Gasteiger partial charge in [-0.25, -0.2) is 0 Å². The van der Waals surface area contributed by atoms with Crippen LogP contribution in [0.1, 0.15) is 32.6 Å². The molecule has 0 bridgehead atoms. The molecular formula is C15H17BrO5S. The number of hydrogen-bond acceptors (Lipinski definition) is 5. The van der Waals surface area contributed by atoms with E-state index in [1.54, 1.807) is 25.1 Å². The number of hydrogen-bond donors (Lipinski definition) is 0. The second kappa shape index (κ2) is 6.91. The van der Waals surface area contributed by atoms with Gasteiger partial charge in [0.05, 0.1) is 5.92 Å². The fourth-order valence-corrected chi connectivity index (χ4v) is 4.47. The maximum absolute atomic E-state index is 12.1. The second-order valence-electron chi connectivity index (χ2n) is 5.57. The van der Waals surface area contributed by atoms with E-state index in [0.29, 0.717) is 23.7 Å². The Morgan fingerprint density at radius 1 is 1.41 bits per heavy atom. The van der Waals surface area contributed by atoms with Crippen LogP contribution in [0.5, 0.6) is 0 Å². The van der Waals surface area contributed by atoms with Gasteiger partial charge in [-0.2, -0.15) is 8.42 Å². The summed E-state index contributed by atoms with van der Waals surface area (Å²) >= 11 is 3.13. The zero-order chi connectivity index (χ0) is 16.3. The standard InChI is InChI=1S/C15H17BrO5S/c1-10(8-11-6-7-12(17)9-11)15(18)21-22(19,20)14-5-3-2-4-13(14)16/h2-5,10-11H,6-9H2,1H3. The highest BCUT2D eigenvalue weighted by Crippen LogP contribution is 2.29. The van der Waals surface area contributed by atoms with Crippen LogP contribution in [-0.2, 0) is 23.9 Å². The van der Waals surface area contributed by atoms with Crippen molar-refractivity contribution in [2.75, 3.05) is 0 Å². The van der Waals surface area contributed by atoms with Crippen LogP contribution in [0.25, 0.3) is 0 Å². The smallest absolute Gasteiger partial charge is 0.342 e. The Labute approximate surface area is 138 Å². The highest BCUT2D eigenvalue weighted by molar-refractivity contribution is 9.10. The van der Waals surface area contributed by atoms with Gasteiger partial charge in [0.25, 0.3) is 0 Å². The first-order valence-electron chi connectivity index (χ1n) is 7.04. The molecule has 1 fully saturated rings. The Balaban J connectivity index is 2.01. The first-order valence-corrected chi connectivity index (χ1v) is 9.24. The molecule has 0 radical (unpaired) electrons. The summed E-state index contributed by atoms with van der Waals surface area (Å²) in [6.45, 7) is 1.63. The minimum absolute atomic E-state index is 0.0772. The number of halogens is 1. The molecule has 120 valence electrons. The number of Topliss-reactive ketones (excluding diaryl/α,β-unsaturated/α-hetero) is 1. The Morgan fingerprint density at radius 2 is 2.09 bits per heavy atom. The quantitative estimate of drug-likeness (QED) is 0.724. The molecule has 0 N–H and O–H groups in total. The van der Waals surface area contributed by atoms with Crippen molar-refractivity contribution in [1.29, 1.82) is 0 Å². The molecule has 0 saturated heterocycles. The molecule has 5 nitrogen and oxygen atoms in total. The molecule has 22 heavy (non-hydrogen) atoms. The zero-order valence-corrected chi connectivity index (χ0v) is 14.5. The van der Waals surface area contributed by atoms with Crippen LogP contribution in [-0.4, -0.2) is 20.2 Å². The fraction of sp³-hybridized carbons (Fsp3) is 0.467. The van der Waals surface area contributed by atoms with Crippen molar-refractivity contribution < 1.29 is 22.2 Å². The Kier molecular flexibility index (Phi) is 5.39. The minimum atomic E-state index is -4.14. The fourth-order valence-electron chi connectivity index (χ4n) is 2.57. The predicted molar refractivity (Wildman–Crippen MR) is 83.5 cm³/mol. The van der Waals surface area contributed by atoms with E-state index >= 15 is 0 Å². The maximum Gasteiger partial charge on any atom is 0.342 e. The summed E-state index contributed by atoms with van der Waals surface area (Å²) in [6, 6.07) is 6.16. The molecule has 7 heteroatoms. The van der Waals surface area contributed by atoms with Crippen LogP contribution in [0, 0.1) is 11.8 Å². The summed E-state index contributed by atoms with van der Waals surface area (Å²) in [5.41, 5.74) is 0. The van der Waals surface area contributed by atoms with E-state index in [9.17, 15) is 18.0 Å². The van der Waals surface area contributed by atoms with Crippen molar-refractivity contribution >= 4 is 37.8 Å². The third kappa shape index (κ3) is 4.16. The van der Waals surface area contributed by atoms with Crippen molar-refractivity contribution in [1.82, 2.24) is 0 Å². The molecule has 1 aliphatic carbocycles. The lowest BCUT2D eigenvalue weighted by Crippen LogP contribution is -2.21. The maximum atomic E-state index is 12.1. The van der Waals surface area contributed by atoms with Crippen LogP contribution in [0.2, 0.25) is 0 Å². The Morgan fingerprint density at radius 3 is 2.68 bits per heavy atom. The SMILES string of the molecule is CC(CC1CCC(=O)C1)C(=O)OS(=O)(=O)c1ccccc1Br. The van der Waals surface area contributed by atoms with Gasteiger partial charge < -0.3 is 4.18 Å².